The summed E-state index contributed by atoms with van der Waals surface area (Å²) < 4.78 is 5.40. The van der Waals surface area contributed by atoms with Crippen molar-refractivity contribution >= 4 is 11.8 Å². The number of primary amides is 1. The van der Waals surface area contributed by atoms with Gasteiger partial charge in [-0.3, -0.25) is 14.6 Å². The Bertz CT molecular complexity index is 699. The minimum atomic E-state index is -0.575. The van der Waals surface area contributed by atoms with Crippen molar-refractivity contribution in [3.63, 3.8) is 0 Å². The smallest absolute Gasteiger partial charge is 0.239 e. The summed E-state index contributed by atoms with van der Waals surface area (Å²) in [5, 5.41) is 10.3. The Kier molecular flexibility index (Phi) is 5.36. The molecule has 0 saturated heterocycles. The molecule has 5 N–H and O–H groups in total. The van der Waals surface area contributed by atoms with E-state index >= 15 is 0 Å². The molecule has 2 rings (SSSR count). The maximum Gasteiger partial charge on any atom is 0.239 e. The minimum absolute atomic E-state index is 0.103. The van der Waals surface area contributed by atoms with E-state index in [4.69, 9.17) is 15.9 Å². The molecule has 0 radical (unpaired) electrons. The van der Waals surface area contributed by atoms with Crippen molar-refractivity contribution in [1.82, 2.24) is 20.5 Å². The van der Waals surface area contributed by atoms with Crippen LogP contribution in [0.4, 0.5) is 0 Å². The van der Waals surface area contributed by atoms with E-state index in [9.17, 15) is 9.59 Å². The van der Waals surface area contributed by atoms with Crippen molar-refractivity contribution in [1.29, 1.82) is 0 Å². The van der Waals surface area contributed by atoms with Crippen LogP contribution in [0, 0.1) is 0 Å². The summed E-state index contributed by atoms with van der Waals surface area (Å²) in [6.45, 7) is 1.71. The predicted molar refractivity (Wildman–Crippen MR) is 79.6 cm³/mol. The molecule has 1 unspecified atom stereocenters. The molecule has 0 aliphatic rings. The van der Waals surface area contributed by atoms with E-state index in [1.165, 1.54) is 6.92 Å². The number of rotatable bonds is 7. The predicted octanol–water partition coefficient (Wildman–Crippen LogP) is -0.629. The number of nitrogens with zero attached hydrogens (tertiary/aromatic N) is 3. The molecular formula is C14H18N6O3. The highest BCUT2D eigenvalue weighted by Gasteiger charge is 2.21. The number of aromatic nitrogens is 3. The Morgan fingerprint density at radius 3 is 2.70 bits per heavy atom. The second-order valence-electron chi connectivity index (χ2n) is 4.96. The third kappa shape index (κ3) is 4.85. The zero-order valence-corrected chi connectivity index (χ0v) is 12.7. The topological polar surface area (TPSA) is 150 Å². The van der Waals surface area contributed by atoms with Gasteiger partial charge in [0.2, 0.25) is 23.6 Å². The summed E-state index contributed by atoms with van der Waals surface area (Å²) in [5.74, 6) is -0.531. The summed E-state index contributed by atoms with van der Waals surface area (Å²) in [6.07, 6.45) is 0.201. The largest absolute Gasteiger partial charge is 0.422 e. The number of carbonyl (C=O) groups excluding carboxylic acids is 2. The van der Waals surface area contributed by atoms with Gasteiger partial charge in [0.25, 0.3) is 0 Å². The highest BCUT2D eigenvalue weighted by molar-refractivity contribution is 5.75. The van der Waals surface area contributed by atoms with Crippen LogP contribution in [0.2, 0.25) is 0 Å². The van der Waals surface area contributed by atoms with Gasteiger partial charge >= 0.3 is 0 Å². The maximum absolute atomic E-state index is 11.4. The molecule has 9 nitrogen and oxygen atoms in total. The lowest BCUT2D eigenvalue weighted by molar-refractivity contribution is -0.120. The third-order valence-corrected chi connectivity index (χ3v) is 2.97. The summed E-state index contributed by atoms with van der Waals surface area (Å²) in [7, 11) is 0. The lowest BCUT2D eigenvalue weighted by Crippen LogP contribution is -2.28. The van der Waals surface area contributed by atoms with E-state index in [1.807, 2.05) is 18.2 Å². The Hall–Kier alpha value is -2.81. The molecule has 2 heterocycles. The van der Waals surface area contributed by atoms with Gasteiger partial charge < -0.3 is 21.2 Å². The molecule has 0 fully saturated rings. The number of hydrogen-bond acceptors (Lipinski definition) is 7. The van der Waals surface area contributed by atoms with E-state index < -0.39 is 11.9 Å². The molecule has 2 aromatic heterocycles. The number of amides is 2. The zero-order chi connectivity index (χ0) is 16.8. The van der Waals surface area contributed by atoms with Crippen molar-refractivity contribution in [2.75, 3.05) is 0 Å². The molecule has 23 heavy (non-hydrogen) atoms. The fourth-order valence-electron chi connectivity index (χ4n) is 2.04. The second kappa shape index (κ2) is 7.45. The summed E-state index contributed by atoms with van der Waals surface area (Å²) in [4.78, 5) is 26.7. The molecule has 2 amide bonds. The number of nitrogens with two attached hydrogens (primary N) is 2. The first-order valence-corrected chi connectivity index (χ1v) is 7.00. The number of pyridine rings is 1. The fourth-order valence-corrected chi connectivity index (χ4v) is 2.04. The van der Waals surface area contributed by atoms with Crippen molar-refractivity contribution in [3.8, 4) is 0 Å². The normalized spacial score (nSPS) is 11.9. The van der Waals surface area contributed by atoms with Gasteiger partial charge in [0.05, 0.1) is 5.69 Å². The highest BCUT2D eigenvalue weighted by Crippen LogP contribution is 2.17. The SMILES string of the molecule is CC(=O)NC(Cc1cccc(CN)n1)c1nnc(CC(N)=O)o1. The average Bonchev–Trinajstić information content (AvgIpc) is 2.94. The molecule has 0 aliphatic carbocycles. The number of hydrogen-bond donors (Lipinski definition) is 3. The number of carbonyl (C=O) groups is 2. The highest BCUT2D eigenvalue weighted by atomic mass is 16.4. The molecule has 122 valence electrons. The first kappa shape index (κ1) is 16.6. The monoisotopic (exact) mass is 318 g/mol. The second-order valence-corrected chi connectivity index (χ2v) is 4.96. The van der Waals surface area contributed by atoms with Gasteiger partial charge in [-0.25, -0.2) is 0 Å². The van der Waals surface area contributed by atoms with Crippen LogP contribution in [0.5, 0.6) is 0 Å². The minimum Gasteiger partial charge on any atom is -0.422 e. The molecule has 9 heteroatoms. The standard InChI is InChI=1S/C14H18N6O3/c1-8(21)17-11(5-9-3-2-4-10(7-15)18-9)14-20-19-13(23-14)6-12(16)22/h2-4,11H,5-7,15H2,1H3,(H2,16,22)(H,17,21). The van der Waals surface area contributed by atoms with Gasteiger partial charge in [-0.05, 0) is 12.1 Å². The summed E-state index contributed by atoms with van der Waals surface area (Å²) in [5.41, 5.74) is 12.1. The van der Waals surface area contributed by atoms with Crippen molar-refractivity contribution in [2.24, 2.45) is 11.5 Å². The van der Waals surface area contributed by atoms with Crippen LogP contribution in [0.15, 0.2) is 22.6 Å². The van der Waals surface area contributed by atoms with Crippen LogP contribution in [0.3, 0.4) is 0 Å². The van der Waals surface area contributed by atoms with E-state index in [1.54, 1.807) is 0 Å². The van der Waals surface area contributed by atoms with Gasteiger partial charge in [0.1, 0.15) is 12.5 Å². The fraction of sp³-hybridized carbons (Fsp3) is 0.357. The van der Waals surface area contributed by atoms with E-state index in [2.05, 4.69) is 20.5 Å². The lowest BCUT2D eigenvalue weighted by Gasteiger charge is -2.14. The Balaban J connectivity index is 2.20. The summed E-state index contributed by atoms with van der Waals surface area (Å²) >= 11 is 0. The maximum atomic E-state index is 11.4. The molecule has 2 aromatic rings. The van der Waals surface area contributed by atoms with Crippen LogP contribution in [-0.4, -0.2) is 27.0 Å². The van der Waals surface area contributed by atoms with Gasteiger partial charge in [0, 0.05) is 25.6 Å². The van der Waals surface area contributed by atoms with Gasteiger partial charge in [-0.1, -0.05) is 6.07 Å². The van der Waals surface area contributed by atoms with Crippen molar-refractivity contribution in [2.45, 2.75) is 32.4 Å². The molecule has 0 spiro atoms. The van der Waals surface area contributed by atoms with Crippen molar-refractivity contribution < 1.29 is 14.0 Å². The van der Waals surface area contributed by atoms with E-state index in [0.29, 0.717) is 13.0 Å². The van der Waals surface area contributed by atoms with Gasteiger partial charge in [0.15, 0.2) is 0 Å². The van der Waals surface area contributed by atoms with Crippen LogP contribution in [-0.2, 0) is 29.0 Å². The van der Waals surface area contributed by atoms with Crippen LogP contribution >= 0.6 is 0 Å². The Labute approximate surface area is 132 Å². The first-order chi connectivity index (χ1) is 11.0. The molecular weight excluding hydrogens is 300 g/mol. The lowest BCUT2D eigenvalue weighted by atomic mass is 10.1. The molecule has 1 atom stereocenters. The van der Waals surface area contributed by atoms with Gasteiger partial charge in [-0.15, -0.1) is 10.2 Å². The molecule has 0 aromatic carbocycles. The third-order valence-electron chi connectivity index (χ3n) is 2.97. The van der Waals surface area contributed by atoms with Crippen molar-refractivity contribution in [3.05, 3.63) is 41.4 Å². The molecule has 0 saturated carbocycles. The number of nitrogens with one attached hydrogen (secondary N) is 1. The van der Waals surface area contributed by atoms with Gasteiger partial charge in [-0.2, -0.15) is 0 Å². The quantitative estimate of drug-likeness (QED) is 0.615. The first-order valence-electron chi connectivity index (χ1n) is 7.00. The molecule has 0 bridgehead atoms. The average molecular weight is 318 g/mol. The summed E-state index contributed by atoms with van der Waals surface area (Å²) in [6, 6.07) is 4.91. The van der Waals surface area contributed by atoms with Crippen LogP contribution in [0.1, 0.15) is 36.1 Å². The Morgan fingerprint density at radius 1 is 1.30 bits per heavy atom. The Morgan fingerprint density at radius 2 is 2.04 bits per heavy atom. The van der Waals surface area contributed by atoms with Crippen LogP contribution in [0.25, 0.3) is 0 Å². The molecule has 0 aliphatic heterocycles. The van der Waals surface area contributed by atoms with E-state index in [0.717, 1.165) is 11.4 Å². The van der Waals surface area contributed by atoms with Crippen LogP contribution < -0.4 is 16.8 Å². The van der Waals surface area contributed by atoms with E-state index in [-0.39, 0.29) is 24.1 Å². The zero-order valence-electron chi connectivity index (χ0n) is 12.7.